The van der Waals surface area contributed by atoms with Crippen molar-refractivity contribution in [1.29, 1.82) is 0 Å². The van der Waals surface area contributed by atoms with Gasteiger partial charge in [-0.15, -0.1) is 0 Å². The Bertz CT molecular complexity index is 848. The van der Waals surface area contributed by atoms with Crippen molar-refractivity contribution >= 4 is 5.65 Å². The second-order valence-corrected chi connectivity index (χ2v) is 7.51. The average Bonchev–Trinajstić information content (AvgIpc) is 3.29. The van der Waals surface area contributed by atoms with Crippen molar-refractivity contribution in [2.75, 3.05) is 19.6 Å². The van der Waals surface area contributed by atoms with E-state index in [1.54, 1.807) is 0 Å². The van der Waals surface area contributed by atoms with E-state index in [1.165, 1.54) is 25.2 Å². The lowest BCUT2D eigenvalue weighted by Crippen LogP contribution is -2.25. The molecule has 1 atom stereocenters. The van der Waals surface area contributed by atoms with Gasteiger partial charge in [0.25, 0.3) is 0 Å². The number of fused-ring (bicyclic) bond motifs is 1. The predicted molar refractivity (Wildman–Crippen MR) is 97.7 cm³/mol. The average molecular weight is 338 g/mol. The Morgan fingerprint density at radius 3 is 2.92 bits per heavy atom. The van der Waals surface area contributed by atoms with Crippen molar-refractivity contribution < 1.29 is 0 Å². The zero-order valence-electron chi connectivity index (χ0n) is 15.3. The molecule has 4 heterocycles. The molecule has 0 bridgehead atoms. The summed E-state index contributed by atoms with van der Waals surface area (Å²) in [5.74, 6) is 1.24. The van der Waals surface area contributed by atoms with E-state index in [-0.39, 0.29) is 0 Å². The number of rotatable bonds is 5. The third-order valence-corrected chi connectivity index (χ3v) is 5.04. The van der Waals surface area contributed by atoms with Crippen LogP contribution < -0.4 is 0 Å². The molecule has 0 spiro atoms. The quantitative estimate of drug-likeness (QED) is 0.718. The smallest absolute Gasteiger partial charge is 0.160 e. The third-order valence-electron chi connectivity index (χ3n) is 5.04. The van der Waals surface area contributed by atoms with E-state index in [9.17, 15) is 0 Å². The molecular weight excluding hydrogens is 312 g/mol. The van der Waals surface area contributed by atoms with Crippen molar-refractivity contribution in [3.05, 3.63) is 47.7 Å². The van der Waals surface area contributed by atoms with Crippen LogP contribution in [0.3, 0.4) is 0 Å². The van der Waals surface area contributed by atoms with Crippen molar-refractivity contribution in [3.8, 4) is 0 Å². The van der Waals surface area contributed by atoms with Crippen LogP contribution in [0, 0.1) is 12.8 Å². The van der Waals surface area contributed by atoms with Crippen LogP contribution in [-0.2, 0) is 6.54 Å². The highest BCUT2D eigenvalue weighted by Gasteiger charge is 2.27. The van der Waals surface area contributed by atoms with Gasteiger partial charge >= 0.3 is 0 Å². The fourth-order valence-electron chi connectivity index (χ4n) is 3.92. The van der Waals surface area contributed by atoms with Crippen LogP contribution >= 0.6 is 0 Å². The van der Waals surface area contributed by atoms with E-state index in [1.807, 2.05) is 29.3 Å². The van der Waals surface area contributed by atoms with Crippen LogP contribution in [0.2, 0.25) is 0 Å². The number of nitrogens with zero attached hydrogens (tertiary/aromatic N) is 6. The summed E-state index contributed by atoms with van der Waals surface area (Å²) in [6, 6.07) is 4.09. The van der Waals surface area contributed by atoms with E-state index < -0.39 is 0 Å². The van der Waals surface area contributed by atoms with Gasteiger partial charge in [0.2, 0.25) is 0 Å². The Kier molecular flexibility index (Phi) is 4.29. The number of aryl methyl sites for hydroxylation is 1. The zero-order valence-corrected chi connectivity index (χ0v) is 15.3. The molecule has 0 saturated carbocycles. The van der Waals surface area contributed by atoms with Crippen LogP contribution in [-0.4, -0.2) is 48.9 Å². The Labute approximate surface area is 148 Å². The maximum atomic E-state index is 4.82. The second-order valence-electron chi connectivity index (χ2n) is 7.51. The normalized spacial score (nSPS) is 18.6. The van der Waals surface area contributed by atoms with Crippen molar-refractivity contribution in [2.45, 2.75) is 39.7 Å². The predicted octanol–water partition coefficient (Wildman–Crippen LogP) is 2.73. The zero-order chi connectivity index (χ0) is 17.4. The molecule has 25 heavy (non-hydrogen) atoms. The Morgan fingerprint density at radius 2 is 2.16 bits per heavy atom. The van der Waals surface area contributed by atoms with Gasteiger partial charge in [0.1, 0.15) is 0 Å². The number of hydrogen-bond acceptors (Lipinski definition) is 4. The molecule has 1 aliphatic rings. The van der Waals surface area contributed by atoms with E-state index in [0.29, 0.717) is 18.4 Å². The van der Waals surface area contributed by atoms with Crippen molar-refractivity contribution in [2.24, 2.45) is 5.92 Å². The summed E-state index contributed by atoms with van der Waals surface area (Å²) >= 11 is 0. The molecule has 0 aliphatic carbocycles. The first-order valence-corrected chi connectivity index (χ1v) is 9.14. The van der Waals surface area contributed by atoms with Crippen LogP contribution in [0.15, 0.2) is 30.7 Å². The molecule has 0 aromatic carbocycles. The molecule has 6 heteroatoms. The maximum absolute atomic E-state index is 4.82. The summed E-state index contributed by atoms with van der Waals surface area (Å²) in [5, 5.41) is 9.14. The Morgan fingerprint density at radius 1 is 1.28 bits per heavy atom. The number of likely N-dealkylation sites (tertiary alicyclic amines) is 1. The molecule has 1 saturated heterocycles. The van der Waals surface area contributed by atoms with Gasteiger partial charge in [-0.05, 0) is 37.9 Å². The van der Waals surface area contributed by atoms with Crippen LogP contribution in [0.4, 0.5) is 0 Å². The van der Waals surface area contributed by atoms with Crippen LogP contribution in [0.1, 0.15) is 43.1 Å². The molecular formula is C19H26N6. The first kappa shape index (κ1) is 16.3. The first-order valence-electron chi connectivity index (χ1n) is 9.14. The molecule has 3 aromatic heterocycles. The molecule has 0 N–H and O–H groups in total. The number of hydrogen-bond donors (Lipinski definition) is 0. The van der Waals surface area contributed by atoms with Gasteiger partial charge in [0.05, 0.1) is 17.9 Å². The highest BCUT2D eigenvalue weighted by atomic mass is 15.3. The van der Waals surface area contributed by atoms with Gasteiger partial charge in [0, 0.05) is 43.2 Å². The monoisotopic (exact) mass is 338 g/mol. The van der Waals surface area contributed by atoms with Gasteiger partial charge in [-0.2, -0.15) is 10.2 Å². The molecule has 0 radical (unpaired) electrons. The van der Waals surface area contributed by atoms with Gasteiger partial charge in [0.15, 0.2) is 5.65 Å². The lowest BCUT2D eigenvalue weighted by Gasteiger charge is -2.18. The van der Waals surface area contributed by atoms with Crippen molar-refractivity contribution in [1.82, 2.24) is 29.3 Å². The third kappa shape index (κ3) is 3.18. The highest BCUT2D eigenvalue weighted by molar-refractivity contribution is 5.51. The van der Waals surface area contributed by atoms with E-state index >= 15 is 0 Å². The minimum Gasteiger partial charge on any atom is -0.302 e. The Hall–Kier alpha value is -2.21. The van der Waals surface area contributed by atoms with Crippen LogP contribution in [0.5, 0.6) is 0 Å². The lowest BCUT2D eigenvalue weighted by molar-refractivity contribution is 0.294. The lowest BCUT2D eigenvalue weighted by atomic mass is 10.0. The molecule has 4 rings (SSSR count). The standard InChI is InChI=1S/C19H26N6/c1-14(2)11-23-10-6-16(12-23)18-5-8-20-19-17(15(3)22-25(18)19)13-24-9-4-7-21-24/h4-5,7-9,14,16H,6,10-13H2,1-3H3. The summed E-state index contributed by atoms with van der Waals surface area (Å²) in [6.45, 7) is 10.8. The molecule has 1 fully saturated rings. The minimum atomic E-state index is 0.529. The maximum Gasteiger partial charge on any atom is 0.160 e. The fraction of sp³-hybridized carbons (Fsp3) is 0.526. The fourth-order valence-corrected chi connectivity index (χ4v) is 3.92. The van der Waals surface area contributed by atoms with Gasteiger partial charge < -0.3 is 4.90 Å². The molecule has 1 unspecified atom stereocenters. The molecule has 0 amide bonds. The highest BCUT2D eigenvalue weighted by Crippen LogP contribution is 2.28. The Balaban J connectivity index is 1.65. The summed E-state index contributed by atoms with van der Waals surface area (Å²) in [4.78, 5) is 7.20. The van der Waals surface area contributed by atoms with E-state index in [0.717, 1.165) is 23.4 Å². The van der Waals surface area contributed by atoms with Crippen LogP contribution in [0.25, 0.3) is 5.65 Å². The topological polar surface area (TPSA) is 51.2 Å². The summed E-state index contributed by atoms with van der Waals surface area (Å²) in [6.07, 6.45) is 6.91. The van der Waals surface area contributed by atoms with E-state index in [4.69, 9.17) is 5.10 Å². The van der Waals surface area contributed by atoms with Gasteiger partial charge in [-0.25, -0.2) is 9.50 Å². The summed E-state index contributed by atoms with van der Waals surface area (Å²) < 4.78 is 4.00. The molecule has 132 valence electrons. The largest absolute Gasteiger partial charge is 0.302 e. The summed E-state index contributed by atoms with van der Waals surface area (Å²) in [5.41, 5.74) is 4.44. The molecule has 6 nitrogen and oxygen atoms in total. The van der Waals surface area contributed by atoms with Gasteiger partial charge in [-0.3, -0.25) is 4.68 Å². The summed E-state index contributed by atoms with van der Waals surface area (Å²) in [7, 11) is 0. The SMILES string of the molecule is Cc1nn2c(C3CCN(CC(C)C)C3)ccnc2c1Cn1cccn1. The van der Waals surface area contributed by atoms with Gasteiger partial charge in [-0.1, -0.05) is 13.8 Å². The van der Waals surface area contributed by atoms with Crippen molar-refractivity contribution in [3.63, 3.8) is 0 Å². The second kappa shape index (κ2) is 6.59. The number of aromatic nitrogens is 5. The molecule has 1 aliphatic heterocycles. The first-order chi connectivity index (χ1) is 12.1. The molecule has 3 aromatic rings. The minimum absolute atomic E-state index is 0.529. The van der Waals surface area contributed by atoms with E-state index in [2.05, 4.69) is 46.3 Å².